The maximum absolute atomic E-state index is 7.11. The van der Waals surface area contributed by atoms with Crippen LogP contribution in [-0.2, 0) is 5.41 Å². The first-order valence-corrected chi connectivity index (χ1v) is 20.4. The monoisotopic (exact) mass is 757 g/mol. The minimum Gasteiger partial charge on any atom is -0.458 e. The van der Waals surface area contributed by atoms with Gasteiger partial charge in [0.1, 0.15) is 23.0 Å². The Morgan fingerprint density at radius 1 is 0.475 bits per heavy atom. The van der Waals surface area contributed by atoms with Crippen LogP contribution in [0, 0.1) is 0 Å². The van der Waals surface area contributed by atoms with Crippen LogP contribution in [0.2, 0.25) is 0 Å². The van der Waals surface area contributed by atoms with Crippen LogP contribution in [0.25, 0.3) is 33.4 Å². The number of para-hydroxylation sites is 1. The van der Waals surface area contributed by atoms with E-state index in [1.165, 1.54) is 11.1 Å². The minimum absolute atomic E-state index is 0.0646. The molecule has 0 saturated carbocycles. The molecule has 1 atom stereocenters. The molecule has 0 spiro atoms. The fourth-order valence-electron chi connectivity index (χ4n) is 9.11. The Morgan fingerprint density at radius 2 is 1.03 bits per heavy atom. The summed E-state index contributed by atoms with van der Waals surface area (Å²) < 4.78 is 14.2. The average molecular weight is 758 g/mol. The van der Waals surface area contributed by atoms with Crippen molar-refractivity contribution in [3.63, 3.8) is 0 Å². The third kappa shape index (κ3) is 6.16. The van der Waals surface area contributed by atoms with Crippen LogP contribution in [0.1, 0.15) is 18.9 Å². The Bertz CT molecular complexity index is 2920. The van der Waals surface area contributed by atoms with Gasteiger partial charge in [-0.2, -0.15) is 0 Å². The zero-order valence-corrected chi connectivity index (χ0v) is 32.8. The van der Waals surface area contributed by atoms with Crippen molar-refractivity contribution in [1.29, 1.82) is 0 Å². The van der Waals surface area contributed by atoms with Gasteiger partial charge in [-0.25, -0.2) is 0 Å². The standard InChI is InChI=1S/C55H40BNO2/c1-55(32-14-5-15-33-55)43-27-31-48-51(35-43)59-53-37-45(36-52-54(53)56(48)47-30-26-42(34-50(47)58-52)39-18-8-3-9-19-39)57(44-28-24-40(25-29-44)38-16-6-2-7-17-38)49-23-13-12-22-46(49)41-20-10-4-11-21-41/h2-32,34-37H,33H2,1H3. The summed E-state index contributed by atoms with van der Waals surface area (Å²) in [6.45, 7) is 2.24. The van der Waals surface area contributed by atoms with E-state index in [0.717, 1.165) is 90.7 Å². The highest BCUT2D eigenvalue weighted by molar-refractivity contribution is 6.98. The Hall–Kier alpha value is -7.30. The number of hydrogen-bond acceptors (Lipinski definition) is 3. The van der Waals surface area contributed by atoms with E-state index in [4.69, 9.17) is 9.47 Å². The highest BCUT2D eigenvalue weighted by atomic mass is 16.5. The van der Waals surface area contributed by atoms with Gasteiger partial charge in [0.05, 0.1) is 11.4 Å². The molecule has 0 saturated heterocycles. The summed E-state index contributed by atoms with van der Waals surface area (Å²) in [4.78, 5) is 2.34. The molecule has 11 rings (SSSR count). The maximum Gasteiger partial charge on any atom is 0.260 e. The molecule has 4 heteroatoms. The van der Waals surface area contributed by atoms with Gasteiger partial charge in [0, 0.05) is 34.3 Å². The number of allylic oxidation sites excluding steroid dienone is 4. The molecule has 0 N–H and O–H groups in total. The van der Waals surface area contributed by atoms with Gasteiger partial charge in [-0.15, -0.1) is 0 Å². The lowest BCUT2D eigenvalue weighted by Crippen LogP contribution is -2.57. The third-order valence-electron chi connectivity index (χ3n) is 12.2. The number of hydrogen-bond donors (Lipinski definition) is 0. The van der Waals surface area contributed by atoms with Gasteiger partial charge in [-0.1, -0.05) is 177 Å². The summed E-state index contributed by atoms with van der Waals surface area (Å²) in [5, 5.41) is 0. The van der Waals surface area contributed by atoms with Crippen molar-refractivity contribution in [2.45, 2.75) is 18.8 Å². The smallest absolute Gasteiger partial charge is 0.260 e. The fourth-order valence-corrected chi connectivity index (χ4v) is 9.11. The van der Waals surface area contributed by atoms with Gasteiger partial charge in [0.25, 0.3) is 6.71 Å². The van der Waals surface area contributed by atoms with E-state index in [1.54, 1.807) is 0 Å². The molecule has 8 aromatic carbocycles. The Kier molecular flexibility index (Phi) is 8.44. The molecule has 3 nitrogen and oxygen atoms in total. The molecule has 2 aliphatic heterocycles. The van der Waals surface area contributed by atoms with Crippen LogP contribution in [0.5, 0.6) is 23.0 Å². The Labute approximate surface area is 346 Å². The molecule has 8 aromatic rings. The zero-order chi connectivity index (χ0) is 39.3. The number of fused-ring (bicyclic) bond motifs is 4. The summed E-state index contributed by atoms with van der Waals surface area (Å²) in [5.41, 5.74) is 14.4. The topological polar surface area (TPSA) is 21.7 Å². The minimum atomic E-state index is -0.123. The molecule has 2 heterocycles. The van der Waals surface area contributed by atoms with Crippen molar-refractivity contribution in [1.82, 2.24) is 0 Å². The summed E-state index contributed by atoms with van der Waals surface area (Å²) in [6.07, 6.45) is 9.79. The van der Waals surface area contributed by atoms with Crippen LogP contribution in [0.15, 0.2) is 212 Å². The summed E-state index contributed by atoms with van der Waals surface area (Å²) >= 11 is 0. The molecule has 1 aliphatic carbocycles. The summed E-state index contributed by atoms with van der Waals surface area (Å²) in [6, 6.07) is 67.1. The van der Waals surface area contributed by atoms with E-state index in [1.807, 2.05) is 0 Å². The van der Waals surface area contributed by atoms with Crippen LogP contribution >= 0.6 is 0 Å². The molecule has 1 unspecified atom stereocenters. The molecule has 280 valence electrons. The lowest BCUT2D eigenvalue weighted by atomic mass is 9.34. The van der Waals surface area contributed by atoms with E-state index in [2.05, 4.69) is 224 Å². The van der Waals surface area contributed by atoms with Crippen molar-refractivity contribution < 1.29 is 9.47 Å². The van der Waals surface area contributed by atoms with E-state index < -0.39 is 0 Å². The maximum atomic E-state index is 7.11. The highest BCUT2D eigenvalue weighted by Gasteiger charge is 2.42. The molecular formula is C55H40BNO2. The molecule has 0 amide bonds. The zero-order valence-electron chi connectivity index (χ0n) is 32.8. The number of anilines is 3. The predicted molar refractivity (Wildman–Crippen MR) is 245 cm³/mol. The van der Waals surface area contributed by atoms with Crippen molar-refractivity contribution in [2.24, 2.45) is 0 Å². The average Bonchev–Trinajstić information content (AvgIpc) is 3.30. The van der Waals surface area contributed by atoms with Crippen LogP contribution in [0.4, 0.5) is 17.1 Å². The normalized spacial score (nSPS) is 15.6. The van der Waals surface area contributed by atoms with Gasteiger partial charge in [0.2, 0.25) is 0 Å². The Balaban J connectivity index is 1.11. The number of rotatable bonds is 7. The van der Waals surface area contributed by atoms with Crippen LogP contribution in [-0.4, -0.2) is 6.71 Å². The second kappa shape index (κ2) is 14.3. The lowest BCUT2D eigenvalue weighted by Gasteiger charge is -2.36. The molecular weight excluding hydrogens is 717 g/mol. The first kappa shape index (κ1) is 34.9. The van der Waals surface area contributed by atoms with Crippen LogP contribution in [0.3, 0.4) is 0 Å². The van der Waals surface area contributed by atoms with Crippen molar-refractivity contribution >= 4 is 40.2 Å². The van der Waals surface area contributed by atoms with Gasteiger partial charge in [-0.3, -0.25) is 0 Å². The van der Waals surface area contributed by atoms with Gasteiger partial charge in [-0.05, 0) is 81.1 Å². The van der Waals surface area contributed by atoms with Crippen molar-refractivity contribution in [3.05, 3.63) is 218 Å². The second-order valence-electron chi connectivity index (χ2n) is 15.9. The molecule has 0 aromatic heterocycles. The van der Waals surface area contributed by atoms with Crippen molar-refractivity contribution in [3.8, 4) is 56.4 Å². The number of nitrogens with zero attached hydrogens (tertiary/aromatic N) is 1. The second-order valence-corrected chi connectivity index (χ2v) is 15.9. The Morgan fingerprint density at radius 3 is 1.69 bits per heavy atom. The SMILES string of the molecule is CC1(c2ccc3c(c2)Oc2cc(N(c4ccc(-c5ccccc5)cc4)c4ccccc4-c4ccccc4)cc4c2B3c2ccc(-c3ccccc3)cc2O4)C=CC=CC1. The molecule has 3 aliphatic rings. The van der Waals surface area contributed by atoms with Crippen molar-refractivity contribution in [2.75, 3.05) is 4.90 Å². The van der Waals surface area contributed by atoms with E-state index in [9.17, 15) is 0 Å². The number of benzene rings is 8. The predicted octanol–water partition coefficient (Wildman–Crippen LogP) is 12.7. The third-order valence-corrected chi connectivity index (χ3v) is 12.2. The van der Waals surface area contributed by atoms with E-state index >= 15 is 0 Å². The van der Waals surface area contributed by atoms with E-state index in [-0.39, 0.29) is 12.1 Å². The molecule has 59 heavy (non-hydrogen) atoms. The fraction of sp³-hybridized carbons (Fsp3) is 0.0545. The largest absolute Gasteiger partial charge is 0.458 e. The van der Waals surface area contributed by atoms with E-state index in [0.29, 0.717) is 0 Å². The summed E-state index contributed by atoms with van der Waals surface area (Å²) in [7, 11) is 0. The molecule has 0 radical (unpaired) electrons. The lowest BCUT2D eigenvalue weighted by molar-refractivity contribution is 0.463. The molecule has 0 fully saturated rings. The summed E-state index contributed by atoms with van der Waals surface area (Å²) in [5.74, 6) is 3.35. The molecule has 0 bridgehead atoms. The highest BCUT2D eigenvalue weighted by Crippen LogP contribution is 2.46. The van der Waals surface area contributed by atoms with Gasteiger partial charge in [0.15, 0.2) is 0 Å². The van der Waals surface area contributed by atoms with Gasteiger partial charge >= 0.3 is 0 Å². The van der Waals surface area contributed by atoms with Crippen LogP contribution < -0.4 is 30.8 Å². The first-order valence-electron chi connectivity index (χ1n) is 20.4. The first-order chi connectivity index (χ1) is 29.1. The quantitative estimate of drug-likeness (QED) is 0.151. The number of ether oxygens (including phenoxy) is 2. The van der Waals surface area contributed by atoms with Gasteiger partial charge < -0.3 is 14.4 Å².